The maximum Gasteiger partial charge on any atom is 0.305 e. The number of hydrogen-bond donors (Lipinski definition) is 1. The molecule has 1 aromatic rings. The molecule has 110 valence electrons. The third-order valence-corrected chi connectivity index (χ3v) is 3.69. The van der Waals surface area contributed by atoms with Crippen LogP contribution in [-0.2, 0) is 9.53 Å². The number of piperidine rings is 1. The Morgan fingerprint density at radius 2 is 2.25 bits per heavy atom. The zero-order valence-corrected chi connectivity index (χ0v) is 12.0. The molecule has 1 N–H and O–H groups in total. The predicted octanol–water partition coefficient (Wildman–Crippen LogP) is 1.59. The van der Waals surface area contributed by atoms with Gasteiger partial charge in [0.1, 0.15) is 5.82 Å². The van der Waals surface area contributed by atoms with Crippen molar-refractivity contribution in [2.45, 2.75) is 31.7 Å². The summed E-state index contributed by atoms with van der Waals surface area (Å²) in [6.07, 6.45) is 5.42. The molecule has 1 aliphatic rings. The van der Waals surface area contributed by atoms with E-state index in [9.17, 15) is 4.79 Å². The molecule has 0 aromatic carbocycles. The molecule has 0 unspecified atom stereocenters. The Bertz CT molecular complexity index is 403. The molecule has 0 aliphatic carbocycles. The number of methoxy groups -OCH3 is 1. The number of nitrogens with one attached hydrogen (secondary N) is 1. The van der Waals surface area contributed by atoms with Gasteiger partial charge in [-0.3, -0.25) is 4.79 Å². The Kier molecular flexibility index (Phi) is 5.80. The van der Waals surface area contributed by atoms with Crippen molar-refractivity contribution < 1.29 is 9.53 Å². The first-order valence-corrected chi connectivity index (χ1v) is 7.26. The molecule has 5 nitrogen and oxygen atoms in total. The van der Waals surface area contributed by atoms with E-state index in [-0.39, 0.29) is 5.97 Å². The highest BCUT2D eigenvalue weighted by molar-refractivity contribution is 5.69. The van der Waals surface area contributed by atoms with Gasteiger partial charge in [-0.05, 0) is 37.9 Å². The number of pyridine rings is 1. The van der Waals surface area contributed by atoms with Gasteiger partial charge in [-0.1, -0.05) is 6.07 Å². The topological polar surface area (TPSA) is 54.5 Å². The van der Waals surface area contributed by atoms with Crippen LogP contribution in [0.3, 0.4) is 0 Å². The van der Waals surface area contributed by atoms with Crippen LogP contribution < -0.4 is 10.2 Å². The largest absolute Gasteiger partial charge is 0.469 e. The first-order valence-electron chi connectivity index (χ1n) is 7.26. The van der Waals surface area contributed by atoms with Gasteiger partial charge in [0, 0.05) is 31.7 Å². The molecule has 1 aromatic heterocycles. The van der Waals surface area contributed by atoms with E-state index in [1.54, 1.807) is 0 Å². The number of hydrogen-bond acceptors (Lipinski definition) is 5. The summed E-state index contributed by atoms with van der Waals surface area (Å²) < 4.78 is 4.62. The van der Waals surface area contributed by atoms with Crippen LogP contribution in [0.15, 0.2) is 24.4 Å². The lowest BCUT2D eigenvalue weighted by atomic mass is 10.0. The highest BCUT2D eigenvalue weighted by atomic mass is 16.5. The van der Waals surface area contributed by atoms with Gasteiger partial charge in [-0.25, -0.2) is 4.98 Å². The van der Waals surface area contributed by atoms with Crippen LogP contribution in [0.5, 0.6) is 0 Å². The van der Waals surface area contributed by atoms with E-state index in [1.807, 2.05) is 18.3 Å². The van der Waals surface area contributed by atoms with Crippen molar-refractivity contribution in [3.8, 4) is 0 Å². The highest BCUT2D eigenvalue weighted by Crippen LogP contribution is 2.17. The molecule has 5 heteroatoms. The van der Waals surface area contributed by atoms with Gasteiger partial charge < -0.3 is 15.0 Å². The monoisotopic (exact) mass is 277 g/mol. The summed E-state index contributed by atoms with van der Waals surface area (Å²) in [5.74, 6) is 0.938. The molecule has 1 saturated heterocycles. The highest BCUT2D eigenvalue weighted by Gasteiger charge is 2.19. The minimum atomic E-state index is -0.128. The molecule has 0 spiro atoms. The number of rotatable bonds is 6. The van der Waals surface area contributed by atoms with Crippen molar-refractivity contribution in [3.05, 3.63) is 24.4 Å². The van der Waals surface area contributed by atoms with E-state index in [0.29, 0.717) is 12.5 Å². The van der Waals surface area contributed by atoms with E-state index in [4.69, 9.17) is 0 Å². The van der Waals surface area contributed by atoms with Crippen LogP contribution >= 0.6 is 0 Å². The molecule has 2 rings (SSSR count). The summed E-state index contributed by atoms with van der Waals surface area (Å²) in [6, 6.07) is 6.58. The van der Waals surface area contributed by atoms with Gasteiger partial charge in [0.05, 0.1) is 7.11 Å². The summed E-state index contributed by atoms with van der Waals surface area (Å²) in [5, 5.41) is 3.52. The SMILES string of the molecule is COC(=O)CCCNC1CCN(c2ccccn2)CC1. The van der Waals surface area contributed by atoms with Crippen LogP contribution in [0.25, 0.3) is 0 Å². The molecule has 1 fully saturated rings. The van der Waals surface area contributed by atoms with Crippen molar-refractivity contribution in [2.24, 2.45) is 0 Å². The maximum atomic E-state index is 11.0. The van der Waals surface area contributed by atoms with E-state index in [0.717, 1.165) is 44.7 Å². The van der Waals surface area contributed by atoms with Crippen molar-refractivity contribution in [1.82, 2.24) is 10.3 Å². The molecule has 1 aliphatic heterocycles. The smallest absolute Gasteiger partial charge is 0.305 e. The lowest BCUT2D eigenvalue weighted by molar-refractivity contribution is -0.140. The van der Waals surface area contributed by atoms with Crippen LogP contribution in [-0.4, -0.2) is 43.7 Å². The third kappa shape index (κ3) is 4.49. The predicted molar refractivity (Wildman–Crippen MR) is 78.7 cm³/mol. The lowest BCUT2D eigenvalue weighted by Crippen LogP contribution is -2.43. The fourth-order valence-electron chi connectivity index (χ4n) is 2.49. The van der Waals surface area contributed by atoms with Gasteiger partial charge in [0.2, 0.25) is 0 Å². The summed E-state index contributed by atoms with van der Waals surface area (Å²) in [5.41, 5.74) is 0. The fourth-order valence-corrected chi connectivity index (χ4v) is 2.49. The van der Waals surface area contributed by atoms with E-state index < -0.39 is 0 Å². The average molecular weight is 277 g/mol. The van der Waals surface area contributed by atoms with Crippen LogP contribution in [0.2, 0.25) is 0 Å². The maximum absolute atomic E-state index is 11.0. The average Bonchev–Trinajstić information content (AvgIpc) is 2.52. The van der Waals surface area contributed by atoms with Gasteiger partial charge in [-0.2, -0.15) is 0 Å². The Hall–Kier alpha value is -1.62. The number of carbonyl (C=O) groups is 1. The molecule has 0 saturated carbocycles. The number of nitrogens with zero attached hydrogens (tertiary/aromatic N) is 2. The minimum Gasteiger partial charge on any atom is -0.469 e. The molecule has 0 radical (unpaired) electrons. The van der Waals surface area contributed by atoms with Gasteiger partial charge in [0.25, 0.3) is 0 Å². The van der Waals surface area contributed by atoms with Crippen LogP contribution in [0.4, 0.5) is 5.82 Å². The zero-order chi connectivity index (χ0) is 14.2. The summed E-state index contributed by atoms with van der Waals surface area (Å²) in [4.78, 5) is 17.7. The number of ether oxygens (including phenoxy) is 1. The summed E-state index contributed by atoms with van der Waals surface area (Å²) >= 11 is 0. The molecular weight excluding hydrogens is 254 g/mol. The van der Waals surface area contributed by atoms with Crippen LogP contribution in [0, 0.1) is 0 Å². The van der Waals surface area contributed by atoms with E-state index in [1.165, 1.54) is 7.11 Å². The molecule has 0 bridgehead atoms. The van der Waals surface area contributed by atoms with E-state index >= 15 is 0 Å². The van der Waals surface area contributed by atoms with Crippen LogP contribution in [0.1, 0.15) is 25.7 Å². The molecule has 0 atom stereocenters. The molecule has 20 heavy (non-hydrogen) atoms. The normalized spacial score (nSPS) is 16.1. The zero-order valence-electron chi connectivity index (χ0n) is 12.0. The minimum absolute atomic E-state index is 0.128. The van der Waals surface area contributed by atoms with Crippen molar-refractivity contribution in [2.75, 3.05) is 31.6 Å². The third-order valence-electron chi connectivity index (χ3n) is 3.69. The Balaban J connectivity index is 1.63. The van der Waals surface area contributed by atoms with Crippen molar-refractivity contribution >= 4 is 11.8 Å². The Labute approximate surface area is 120 Å². The number of carbonyl (C=O) groups excluding carboxylic acids is 1. The number of esters is 1. The lowest BCUT2D eigenvalue weighted by Gasteiger charge is -2.33. The first-order chi connectivity index (χ1) is 9.79. The number of aromatic nitrogens is 1. The second kappa shape index (κ2) is 7.85. The second-order valence-corrected chi connectivity index (χ2v) is 5.08. The second-order valence-electron chi connectivity index (χ2n) is 5.08. The molecule has 2 heterocycles. The van der Waals surface area contributed by atoms with Crippen molar-refractivity contribution in [1.29, 1.82) is 0 Å². The number of anilines is 1. The van der Waals surface area contributed by atoms with E-state index in [2.05, 4.69) is 26.0 Å². The van der Waals surface area contributed by atoms with Gasteiger partial charge >= 0.3 is 5.97 Å². The van der Waals surface area contributed by atoms with Gasteiger partial charge in [0.15, 0.2) is 0 Å². The Morgan fingerprint density at radius 3 is 2.90 bits per heavy atom. The Morgan fingerprint density at radius 1 is 1.45 bits per heavy atom. The standard InChI is InChI=1S/C15H23N3O2/c1-20-15(19)6-4-10-16-13-7-11-18(12-8-13)14-5-2-3-9-17-14/h2-3,5,9,13,16H,4,6-8,10-12H2,1H3. The summed E-state index contributed by atoms with van der Waals surface area (Å²) in [6.45, 7) is 2.95. The first kappa shape index (κ1) is 14.8. The quantitative estimate of drug-likeness (QED) is 0.632. The molecular formula is C15H23N3O2. The summed E-state index contributed by atoms with van der Waals surface area (Å²) in [7, 11) is 1.43. The fraction of sp³-hybridized carbons (Fsp3) is 0.600. The van der Waals surface area contributed by atoms with Gasteiger partial charge in [-0.15, -0.1) is 0 Å². The molecule has 0 amide bonds. The van der Waals surface area contributed by atoms with Crippen molar-refractivity contribution in [3.63, 3.8) is 0 Å².